The smallest absolute Gasteiger partial charge is 0.240 e. The molecule has 1 fully saturated rings. The molecule has 1 aromatic carbocycles. The van der Waals surface area contributed by atoms with Crippen molar-refractivity contribution >= 4 is 27.3 Å². The molecule has 2 heterocycles. The summed E-state index contributed by atoms with van der Waals surface area (Å²) in [5.41, 5.74) is 0.992. The highest BCUT2D eigenvalue weighted by atomic mass is 32.2. The van der Waals surface area contributed by atoms with Gasteiger partial charge in [0.15, 0.2) is 9.84 Å². The van der Waals surface area contributed by atoms with E-state index in [2.05, 4.69) is 5.32 Å². The summed E-state index contributed by atoms with van der Waals surface area (Å²) in [4.78, 5) is 26.3. The Labute approximate surface area is 135 Å². The fourth-order valence-electron chi connectivity index (χ4n) is 3.28. The number of hydrogen-bond acceptors (Lipinski definition) is 4. The van der Waals surface area contributed by atoms with E-state index in [1.165, 1.54) is 4.90 Å². The SMILES string of the molecule is CC1(C)C(=O)N(CC(=O)N[C@@H]2CCS(=O)(=O)C2)c2ccccc21. The first kappa shape index (κ1) is 16.0. The molecule has 2 aliphatic heterocycles. The maximum absolute atomic E-state index is 12.6. The standard InChI is InChI=1S/C16H20N2O4S/c1-16(2)12-5-3-4-6-13(12)18(15(16)20)9-14(19)17-11-7-8-23(21,22)10-11/h3-6,11H,7-10H2,1-2H3,(H,17,19)/t11-/m1/s1. The predicted octanol–water partition coefficient (Wildman–Crippen LogP) is 0.614. The maximum atomic E-state index is 12.6. The fraction of sp³-hybridized carbons (Fsp3) is 0.500. The Morgan fingerprint density at radius 2 is 2.04 bits per heavy atom. The quantitative estimate of drug-likeness (QED) is 0.877. The molecule has 124 valence electrons. The average molecular weight is 336 g/mol. The number of para-hydroxylation sites is 1. The molecule has 0 radical (unpaired) electrons. The number of benzene rings is 1. The third-order valence-corrected chi connectivity index (χ3v) is 6.32. The van der Waals surface area contributed by atoms with Crippen LogP contribution in [0, 0.1) is 0 Å². The summed E-state index contributed by atoms with van der Waals surface area (Å²) in [5.74, 6) is -0.355. The minimum absolute atomic E-state index is 0.0191. The van der Waals surface area contributed by atoms with Gasteiger partial charge in [-0.2, -0.15) is 0 Å². The van der Waals surface area contributed by atoms with Crippen molar-refractivity contribution in [3.8, 4) is 0 Å². The average Bonchev–Trinajstić information content (AvgIpc) is 2.90. The van der Waals surface area contributed by atoms with Crippen LogP contribution in [0.1, 0.15) is 25.8 Å². The van der Waals surface area contributed by atoms with E-state index in [9.17, 15) is 18.0 Å². The lowest BCUT2D eigenvalue weighted by Crippen LogP contribution is -2.45. The lowest BCUT2D eigenvalue weighted by atomic mass is 9.86. The minimum atomic E-state index is -3.04. The molecule has 3 rings (SSSR count). The van der Waals surface area contributed by atoms with E-state index in [0.717, 1.165) is 11.3 Å². The number of fused-ring (bicyclic) bond motifs is 1. The van der Waals surface area contributed by atoms with Gasteiger partial charge in [-0.15, -0.1) is 0 Å². The molecule has 23 heavy (non-hydrogen) atoms. The zero-order valence-corrected chi connectivity index (χ0v) is 14.0. The lowest BCUT2D eigenvalue weighted by Gasteiger charge is -2.21. The summed E-state index contributed by atoms with van der Waals surface area (Å²) >= 11 is 0. The Balaban J connectivity index is 1.73. The van der Waals surface area contributed by atoms with E-state index in [1.807, 2.05) is 38.1 Å². The molecule has 6 nitrogen and oxygen atoms in total. The van der Waals surface area contributed by atoms with Crippen molar-refractivity contribution in [1.82, 2.24) is 5.32 Å². The van der Waals surface area contributed by atoms with Crippen molar-refractivity contribution in [1.29, 1.82) is 0 Å². The second-order valence-electron chi connectivity index (χ2n) is 6.70. The zero-order valence-electron chi connectivity index (χ0n) is 13.2. The monoisotopic (exact) mass is 336 g/mol. The first-order valence-corrected chi connectivity index (χ1v) is 9.44. The summed E-state index contributed by atoms with van der Waals surface area (Å²) < 4.78 is 22.9. The van der Waals surface area contributed by atoms with Gasteiger partial charge in [0, 0.05) is 11.7 Å². The number of sulfone groups is 1. The van der Waals surface area contributed by atoms with Gasteiger partial charge in [-0.3, -0.25) is 9.59 Å². The van der Waals surface area contributed by atoms with Gasteiger partial charge in [0.1, 0.15) is 6.54 Å². The molecule has 0 unspecified atom stereocenters. The lowest BCUT2D eigenvalue weighted by molar-refractivity contribution is -0.125. The van der Waals surface area contributed by atoms with Crippen molar-refractivity contribution in [3.05, 3.63) is 29.8 Å². The van der Waals surface area contributed by atoms with E-state index < -0.39 is 15.3 Å². The van der Waals surface area contributed by atoms with Crippen LogP contribution in [0.2, 0.25) is 0 Å². The third-order valence-electron chi connectivity index (χ3n) is 4.55. The highest BCUT2D eigenvalue weighted by Crippen LogP contribution is 2.40. The molecule has 1 saturated heterocycles. The molecule has 2 aliphatic rings. The first-order chi connectivity index (χ1) is 10.7. The summed E-state index contributed by atoms with van der Waals surface area (Å²) in [6, 6.07) is 7.08. The Bertz CT molecular complexity index is 770. The van der Waals surface area contributed by atoms with Crippen molar-refractivity contribution in [2.24, 2.45) is 0 Å². The summed E-state index contributed by atoms with van der Waals surface area (Å²) in [7, 11) is -3.04. The van der Waals surface area contributed by atoms with E-state index in [0.29, 0.717) is 6.42 Å². The topological polar surface area (TPSA) is 83.6 Å². The van der Waals surface area contributed by atoms with Crippen molar-refractivity contribution in [3.63, 3.8) is 0 Å². The number of carbonyl (C=O) groups excluding carboxylic acids is 2. The van der Waals surface area contributed by atoms with E-state index in [4.69, 9.17) is 0 Å². The fourth-order valence-corrected chi connectivity index (χ4v) is 4.96. The number of rotatable bonds is 3. The van der Waals surface area contributed by atoms with E-state index in [-0.39, 0.29) is 35.9 Å². The summed E-state index contributed by atoms with van der Waals surface area (Å²) in [6.45, 7) is 3.60. The van der Waals surface area contributed by atoms with Crippen LogP contribution in [0.4, 0.5) is 5.69 Å². The first-order valence-electron chi connectivity index (χ1n) is 7.62. The van der Waals surface area contributed by atoms with E-state index in [1.54, 1.807) is 0 Å². The Morgan fingerprint density at radius 3 is 2.70 bits per heavy atom. The highest BCUT2D eigenvalue weighted by molar-refractivity contribution is 7.91. The highest BCUT2D eigenvalue weighted by Gasteiger charge is 2.44. The second kappa shape index (κ2) is 5.33. The number of anilines is 1. The minimum Gasteiger partial charge on any atom is -0.351 e. The molecule has 0 aliphatic carbocycles. The van der Waals surface area contributed by atoms with Gasteiger partial charge < -0.3 is 10.2 Å². The Kier molecular flexibility index (Phi) is 3.71. The summed E-state index contributed by atoms with van der Waals surface area (Å²) in [6.07, 6.45) is 0.435. The van der Waals surface area contributed by atoms with E-state index >= 15 is 0 Å². The molecule has 0 saturated carbocycles. The van der Waals surface area contributed by atoms with Crippen molar-refractivity contribution in [2.45, 2.75) is 31.7 Å². The van der Waals surface area contributed by atoms with Crippen LogP contribution in [0.3, 0.4) is 0 Å². The molecule has 7 heteroatoms. The van der Waals surface area contributed by atoms with Gasteiger partial charge in [-0.1, -0.05) is 18.2 Å². The maximum Gasteiger partial charge on any atom is 0.240 e. The van der Waals surface area contributed by atoms with Crippen molar-refractivity contribution in [2.75, 3.05) is 23.0 Å². The Morgan fingerprint density at radius 1 is 1.35 bits per heavy atom. The molecular formula is C16H20N2O4S. The van der Waals surface area contributed by atoms with Gasteiger partial charge >= 0.3 is 0 Å². The predicted molar refractivity (Wildman–Crippen MR) is 87.0 cm³/mol. The number of hydrogen-bond donors (Lipinski definition) is 1. The van der Waals surface area contributed by atoms with Crippen LogP contribution in [0.25, 0.3) is 0 Å². The molecular weight excluding hydrogens is 316 g/mol. The van der Waals surface area contributed by atoms with Crippen molar-refractivity contribution < 1.29 is 18.0 Å². The Hall–Kier alpha value is -1.89. The van der Waals surface area contributed by atoms with Gasteiger partial charge in [0.25, 0.3) is 0 Å². The van der Waals surface area contributed by atoms with Gasteiger partial charge in [0.05, 0.1) is 16.9 Å². The second-order valence-corrected chi connectivity index (χ2v) is 8.93. The van der Waals surface area contributed by atoms with Crippen LogP contribution in [-0.4, -0.2) is 44.3 Å². The molecule has 1 N–H and O–H groups in total. The van der Waals surface area contributed by atoms with Crippen LogP contribution in [0.5, 0.6) is 0 Å². The third kappa shape index (κ3) is 2.85. The largest absolute Gasteiger partial charge is 0.351 e. The van der Waals surface area contributed by atoms with Crippen LogP contribution < -0.4 is 10.2 Å². The molecule has 0 aromatic heterocycles. The number of amides is 2. The van der Waals surface area contributed by atoms with Crippen LogP contribution in [0.15, 0.2) is 24.3 Å². The van der Waals surface area contributed by atoms with Gasteiger partial charge in [-0.05, 0) is 31.9 Å². The molecule has 1 aromatic rings. The van der Waals surface area contributed by atoms with Crippen LogP contribution in [-0.2, 0) is 24.8 Å². The number of nitrogens with zero attached hydrogens (tertiary/aromatic N) is 1. The zero-order chi connectivity index (χ0) is 16.8. The number of carbonyl (C=O) groups is 2. The molecule has 2 amide bonds. The summed E-state index contributed by atoms with van der Waals surface area (Å²) in [5, 5.41) is 2.73. The normalized spacial score (nSPS) is 24.5. The molecule has 0 bridgehead atoms. The molecule has 0 spiro atoms. The van der Waals surface area contributed by atoms with Gasteiger partial charge in [-0.25, -0.2) is 8.42 Å². The molecule has 1 atom stereocenters. The number of nitrogens with one attached hydrogen (secondary N) is 1. The van der Waals surface area contributed by atoms with Gasteiger partial charge in [0.2, 0.25) is 11.8 Å². The van der Waals surface area contributed by atoms with Crippen LogP contribution >= 0.6 is 0 Å².